The van der Waals surface area contributed by atoms with Gasteiger partial charge in [-0.05, 0) is 18.2 Å². The van der Waals surface area contributed by atoms with Crippen LogP contribution in [0, 0.1) is 5.82 Å². The van der Waals surface area contributed by atoms with Gasteiger partial charge in [-0.25, -0.2) is 9.18 Å². The summed E-state index contributed by atoms with van der Waals surface area (Å²) in [4.78, 5) is 13.1. The van der Waals surface area contributed by atoms with Crippen LogP contribution in [-0.2, 0) is 0 Å². The molecule has 0 saturated heterocycles. The van der Waals surface area contributed by atoms with E-state index < -0.39 is 11.8 Å². The third kappa shape index (κ3) is 4.01. The van der Waals surface area contributed by atoms with E-state index in [2.05, 4.69) is 11.9 Å². The number of nitrogens with one attached hydrogen (secondary N) is 1. The lowest BCUT2D eigenvalue weighted by Crippen LogP contribution is -2.37. The van der Waals surface area contributed by atoms with Crippen LogP contribution in [0.25, 0.3) is 0 Å². The van der Waals surface area contributed by atoms with E-state index in [1.54, 1.807) is 0 Å². The van der Waals surface area contributed by atoms with Crippen LogP contribution >= 0.6 is 11.6 Å². The largest absolute Gasteiger partial charge is 0.395 e. The Kier molecular flexibility index (Phi) is 5.61. The van der Waals surface area contributed by atoms with E-state index in [0.717, 1.165) is 6.07 Å². The number of nitrogens with zero attached hydrogens (tertiary/aromatic N) is 1. The molecule has 0 aliphatic rings. The molecule has 98 valence electrons. The fourth-order valence-electron chi connectivity index (χ4n) is 1.34. The maximum absolute atomic E-state index is 13.5. The van der Waals surface area contributed by atoms with Crippen LogP contribution in [0.4, 0.5) is 14.9 Å². The topological polar surface area (TPSA) is 52.6 Å². The second-order valence-corrected chi connectivity index (χ2v) is 3.95. The van der Waals surface area contributed by atoms with Gasteiger partial charge in [-0.15, -0.1) is 6.58 Å². The van der Waals surface area contributed by atoms with Crippen LogP contribution in [0.5, 0.6) is 0 Å². The van der Waals surface area contributed by atoms with Crippen molar-refractivity contribution >= 4 is 23.3 Å². The Morgan fingerprint density at radius 1 is 1.61 bits per heavy atom. The van der Waals surface area contributed by atoms with Crippen LogP contribution in [0.2, 0.25) is 5.02 Å². The third-order valence-corrected chi connectivity index (χ3v) is 2.41. The van der Waals surface area contributed by atoms with Gasteiger partial charge in [0.15, 0.2) is 0 Å². The molecular formula is C12H14ClFN2O2. The van der Waals surface area contributed by atoms with Crippen molar-refractivity contribution < 1.29 is 14.3 Å². The number of urea groups is 1. The van der Waals surface area contributed by atoms with E-state index in [9.17, 15) is 9.18 Å². The van der Waals surface area contributed by atoms with Gasteiger partial charge in [-0.3, -0.25) is 0 Å². The molecule has 0 radical (unpaired) electrons. The highest BCUT2D eigenvalue weighted by Gasteiger charge is 2.13. The van der Waals surface area contributed by atoms with E-state index in [1.165, 1.54) is 23.1 Å². The van der Waals surface area contributed by atoms with E-state index in [0.29, 0.717) is 0 Å². The highest BCUT2D eigenvalue weighted by molar-refractivity contribution is 6.30. The quantitative estimate of drug-likeness (QED) is 0.809. The van der Waals surface area contributed by atoms with Gasteiger partial charge in [0.25, 0.3) is 0 Å². The molecule has 0 bridgehead atoms. The Labute approximate surface area is 110 Å². The Hall–Kier alpha value is -1.59. The average Bonchev–Trinajstić information content (AvgIpc) is 2.32. The Morgan fingerprint density at radius 3 is 2.89 bits per heavy atom. The van der Waals surface area contributed by atoms with Crippen LogP contribution in [0.15, 0.2) is 30.9 Å². The van der Waals surface area contributed by atoms with Crippen molar-refractivity contribution in [2.45, 2.75) is 0 Å². The summed E-state index contributed by atoms with van der Waals surface area (Å²) in [6.07, 6.45) is 1.52. The summed E-state index contributed by atoms with van der Waals surface area (Å²) in [5, 5.41) is 11.5. The lowest BCUT2D eigenvalue weighted by atomic mass is 10.3. The van der Waals surface area contributed by atoms with Crippen LogP contribution in [0.3, 0.4) is 0 Å². The van der Waals surface area contributed by atoms with Gasteiger partial charge in [0.05, 0.1) is 12.3 Å². The molecule has 0 atom stereocenters. The highest BCUT2D eigenvalue weighted by atomic mass is 35.5. The van der Waals surface area contributed by atoms with E-state index in [-0.39, 0.29) is 30.4 Å². The van der Waals surface area contributed by atoms with Crippen molar-refractivity contribution in [3.8, 4) is 0 Å². The number of hydrogen-bond acceptors (Lipinski definition) is 2. The molecule has 0 fully saturated rings. The van der Waals surface area contributed by atoms with Gasteiger partial charge in [-0.1, -0.05) is 17.7 Å². The van der Waals surface area contributed by atoms with Gasteiger partial charge in [0, 0.05) is 18.1 Å². The predicted octanol–water partition coefficient (Wildman–Crippen LogP) is 2.49. The summed E-state index contributed by atoms with van der Waals surface area (Å²) in [5.41, 5.74) is 0.0383. The molecular weight excluding hydrogens is 259 g/mol. The van der Waals surface area contributed by atoms with Crippen molar-refractivity contribution in [1.82, 2.24) is 4.90 Å². The maximum Gasteiger partial charge on any atom is 0.322 e. The first kappa shape index (κ1) is 14.5. The number of anilines is 1. The van der Waals surface area contributed by atoms with Crippen molar-refractivity contribution in [3.63, 3.8) is 0 Å². The Balaban J connectivity index is 2.75. The Bertz CT molecular complexity index is 440. The van der Waals surface area contributed by atoms with Gasteiger partial charge < -0.3 is 15.3 Å². The molecule has 0 heterocycles. The second kappa shape index (κ2) is 6.98. The standard InChI is InChI=1S/C12H14ClFN2O2/c1-2-5-16(6-7-17)12(18)15-11-4-3-9(13)8-10(11)14/h2-4,8,17H,1,5-7H2,(H,15,18). The zero-order valence-corrected chi connectivity index (χ0v) is 10.5. The van der Waals surface area contributed by atoms with Gasteiger partial charge in [-0.2, -0.15) is 0 Å². The number of benzene rings is 1. The minimum atomic E-state index is -0.613. The molecule has 0 saturated carbocycles. The van der Waals surface area contributed by atoms with Gasteiger partial charge in [0.2, 0.25) is 0 Å². The minimum Gasteiger partial charge on any atom is -0.395 e. The van der Waals surface area contributed by atoms with Crippen molar-refractivity contribution in [2.75, 3.05) is 25.0 Å². The molecule has 6 heteroatoms. The van der Waals surface area contributed by atoms with Crippen LogP contribution in [-0.4, -0.2) is 35.7 Å². The minimum absolute atomic E-state index is 0.0383. The molecule has 1 aromatic carbocycles. The van der Waals surface area contributed by atoms with Crippen molar-refractivity contribution in [2.24, 2.45) is 0 Å². The van der Waals surface area contributed by atoms with E-state index in [4.69, 9.17) is 16.7 Å². The van der Waals surface area contributed by atoms with Crippen molar-refractivity contribution in [3.05, 3.63) is 41.7 Å². The van der Waals surface area contributed by atoms with E-state index in [1.807, 2.05) is 0 Å². The molecule has 0 aliphatic heterocycles. The molecule has 1 aromatic rings. The predicted molar refractivity (Wildman–Crippen MR) is 69.3 cm³/mol. The molecule has 0 aromatic heterocycles. The SMILES string of the molecule is C=CCN(CCO)C(=O)Nc1ccc(Cl)cc1F. The average molecular weight is 273 g/mol. The summed E-state index contributed by atoms with van der Waals surface area (Å²) in [6, 6.07) is 3.45. The third-order valence-electron chi connectivity index (χ3n) is 2.18. The summed E-state index contributed by atoms with van der Waals surface area (Å²) in [5.74, 6) is -0.613. The maximum atomic E-state index is 13.5. The molecule has 18 heavy (non-hydrogen) atoms. The number of aliphatic hydroxyl groups excluding tert-OH is 1. The van der Waals surface area contributed by atoms with Crippen LogP contribution < -0.4 is 5.32 Å². The molecule has 2 N–H and O–H groups in total. The zero-order valence-electron chi connectivity index (χ0n) is 9.70. The molecule has 0 spiro atoms. The molecule has 0 unspecified atom stereocenters. The Morgan fingerprint density at radius 2 is 2.33 bits per heavy atom. The first-order valence-corrected chi connectivity index (χ1v) is 5.69. The fourth-order valence-corrected chi connectivity index (χ4v) is 1.50. The van der Waals surface area contributed by atoms with Crippen LogP contribution in [0.1, 0.15) is 0 Å². The number of aliphatic hydroxyl groups is 1. The zero-order chi connectivity index (χ0) is 13.5. The molecule has 1 rings (SSSR count). The number of hydrogen-bond donors (Lipinski definition) is 2. The van der Waals surface area contributed by atoms with E-state index >= 15 is 0 Å². The number of carbonyl (C=O) groups is 1. The molecule has 0 aliphatic carbocycles. The number of halogens is 2. The van der Waals surface area contributed by atoms with Gasteiger partial charge >= 0.3 is 6.03 Å². The second-order valence-electron chi connectivity index (χ2n) is 3.51. The monoisotopic (exact) mass is 272 g/mol. The lowest BCUT2D eigenvalue weighted by Gasteiger charge is -2.20. The lowest BCUT2D eigenvalue weighted by molar-refractivity contribution is 0.195. The fraction of sp³-hybridized carbons (Fsp3) is 0.250. The first-order chi connectivity index (χ1) is 8.58. The van der Waals surface area contributed by atoms with Crippen molar-refractivity contribution in [1.29, 1.82) is 0 Å². The first-order valence-electron chi connectivity index (χ1n) is 5.31. The molecule has 4 nitrogen and oxygen atoms in total. The number of rotatable bonds is 5. The van der Waals surface area contributed by atoms with Gasteiger partial charge in [0.1, 0.15) is 5.82 Å². The summed E-state index contributed by atoms with van der Waals surface area (Å²) < 4.78 is 13.5. The smallest absolute Gasteiger partial charge is 0.322 e. The normalized spacial score (nSPS) is 9.94. The highest BCUT2D eigenvalue weighted by Crippen LogP contribution is 2.19. The number of carbonyl (C=O) groups excluding carboxylic acids is 1. The summed E-state index contributed by atoms with van der Waals surface area (Å²) in [7, 11) is 0. The molecule has 2 amide bonds. The number of amides is 2. The summed E-state index contributed by atoms with van der Waals surface area (Å²) in [6.45, 7) is 3.74. The summed E-state index contributed by atoms with van der Waals surface area (Å²) >= 11 is 5.61.